The van der Waals surface area contributed by atoms with Gasteiger partial charge in [0.05, 0.1) is 0 Å². The molecule has 0 spiro atoms. The van der Waals surface area contributed by atoms with E-state index in [0.717, 1.165) is 25.8 Å². The summed E-state index contributed by atoms with van der Waals surface area (Å²) in [6, 6.07) is 0. The van der Waals surface area contributed by atoms with Crippen molar-refractivity contribution < 1.29 is 4.79 Å². The molecule has 0 aromatic rings. The predicted molar refractivity (Wildman–Crippen MR) is 48.4 cm³/mol. The van der Waals surface area contributed by atoms with E-state index in [1.165, 1.54) is 0 Å². The first-order valence-corrected chi connectivity index (χ1v) is 4.65. The Hall–Kier alpha value is -0.570. The number of amides is 1. The van der Waals surface area contributed by atoms with E-state index >= 15 is 0 Å². The van der Waals surface area contributed by atoms with Crippen molar-refractivity contribution in [2.24, 2.45) is 5.92 Å². The molecule has 0 radical (unpaired) electrons. The van der Waals surface area contributed by atoms with Gasteiger partial charge in [0.25, 0.3) is 0 Å². The second-order valence-electron chi connectivity index (χ2n) is 3.58. The zero-order valence-corrected chi connectivity index (χ0v) is 8.21. The lowest BCUT2D eigenvalue weighted by atomic mass is 10.0. The molecule has 1 saturated heterocycles. The maximum absolute atomic E-state index is 11.6. The Kier molecular flexibility index (Phi) is 3.09. The molecule has 0 bridgehead atoms. The first kappa shape index (κ1) is 9.52. The lowest BCUT2D eigenvalue weighted by Gasteiger charge is -2.23. The van der Waals surface area contributed by atoms with Crippen LogP contribution in [0.25, 0.3) is 0 Å². The minimum absolute atomic E-state index is 0.289. The van der Waals surface area contributed by atoms with E-state index in [1.807, 2.05) is 24.1 Å². The summed E-state index contributed by atoms with van der Waals surface area (Å²) in [6.07, 6.45) is 3.19. The molecule has 1 heterocycles. The van der Waals surface area contributed by atoms with E-state index in [-0.39, 0.29) is 5.92 Å². The van der Waals surface area contributed by atoms with Crippen LogP contribution in [-0.4, -0.2) is 36.6 Å². The van der Waals surface area contributed by atoms with Gasteiger partial charge in [0.2, 0.25) is 5.91 Å². The van der Waals surface area contributed by atoms with E-state index in [2.05, 4.69) is 6.92 Å². The number of hydrogen-bond donors (Lipinski definition) is 0. The van der Waals surface area contributed by atoms with E-state index in [0.29, 0.717) is 5.91 Å². The van der Waals surface area contributed by atoms with Gasteiger partial charge in [-0.3, -0.25) is 9.80 Å². The molecule has 1 atom stereocenters. The molecule has 3 heteroatoms. The van der Waals surface area contributed by atoms with Crippen molar-refractivity contribution in [3.63, 3.8) is 0 Å². The van der Waals surface area contributed by atoms with Gasteiger partial charge in [-0.2, -0.15) is 0 Å². The van der Waals surface area contributed by atoms with Crippen molar-refractivity contribution in [1.29, 1.82) is 0 Å². The zero-order chi connectivity index (χ0) is 9.14. The van der Waals surface area contributed by atoms with E-state index in [9.17, 15) is 4.79 Å². The van der Waals surface area contributed by atoms with E-state index in [1.54, 1.807) is 0 Å². The van der Waals surface area contributed by atoms with Gasteiger partial charge in [0, 0.05) is 26.6 Å². The monoisotopic (exact) mass is 170 g/mol. The highest BCUT2D eigenvalue weighted by Gasteiger charge is 2.31. The fraction of sp³-hybridized carbons (Fsp3) is 0.889. The lowest BCUT2D eigenvalue weighted by molar-refractivity contribution is -0.142. The molecule has 1 aliphatic heterocycles. The third-order valence-electron chi connectivity index (χ3n) is 2.41. The van der Waals surface area contributed by atoms with Crippen molar-refractivity contribution >= 4 is 5.91 Å². The molecule has 0 N–H and O–H groups in total. The molecular weight excluding hydrogens is 152 g/mol. The van der Waals surface area contributed by atoms with Gasteiger partial charge in [0.1, 0.15) is 0 Å². The molecule has 1 unspecified atom stereocenters. The van der Waals surface area contributed by atoms with Crippen LogP contribution in [0.1, 0.15) is 26.2 Å². The Morgan fingerprint density at radius 1 is 1.58 bits per heavy atom. The fourth-order valence-electron chi connectivity index (χ4n) is 1.74. The second-order valence-corrected chi connectivity index (χ2v) is 3.58. The Bertz CT molecular complexity index is 168. The van der Waals surface area contributed by atoms with Crippen LogP contribution in [0.2, 0.25) is 0 Å². The highest BCUT2D eigenvalue weighted by atomic mass is 16.2. The highest BCUT2D eigenvalue weighted by molar-refractivity contribution is 5.80. The summed E-state index contributed by atoms with van der Waals surface area (Å²) in [6.45, 7) is 3.03. The third kappa shape index (κ3) is 1.78. The zero-order valence-electron chi connectivity index (χ0n) is 8.21. The molecule has 1 rings (SSSR count). The van der Waals surface area contributed by atoms with Gasteiger partial charge in [-0.05, 0) is 12.8 Å². The Morgan fingerprint density at radius 3 is 2.67 bits per heavy atom. The topological polar surface area (TPSA) is 23.6 Å². The molecule has 1 fully saturated rings. The van der Waals surface area contributed by atoms with Crippen LogP contribution in [0.5, 0.6) is 0 Å². The highest BCUT2D eigenvalue weighted by Crippen LogP contribution is 2.22. The summed E-state index contributed by atoms with van der Waals surface area (Å²) >= 11 is 0. The normalized spacial score (nSPS) is 24.2. The smallest absolute Gasteiger partial charge is 0.240 e. The van der Waals surface area contributed by atoms with Gasteiger partial charge in [0.15, 0.2) is 0 Å². The van der Waals surface area contributed by atoms with Crippen LogP contribution in [0, 0.1) is 5.92 Å². The molecule has 0 aromatic heterocycles. The summed E-state index contributed by atoms with van der Waals surface area (Å²) in [4.78, 5) is 11.6. The maximum atomic E-state index is 11.6. The van der Waals surface area contributed by atoms with Gasteiger partial charge >= 0.3 is 0 Å². The van der Waals surface area contributed by atoms with Crippen LogP contribution in [0.15, 0.2) is 0 Å². The molecule has 70 valence electrons. The third-order valence-corrected chi connectivity index (χ3v) is 2.41. The van der Waals surface area contributed by atoms with Crippen LogP contribution >= 0.6 is 0 Å². The summed E-state index contributed by atoms with van der Waals surface area (Å²) in [7, 11) is 3.85. The van der Waals surface area contributed by atoms with E-state index < -0.39 is 0 Å². The summed E-state index contributed by atoms with van der Waals surface area (Å²) in [5, 5.41) is 3.72. The Morgan fingerprint density at radius 2 is 2.25 bits per heavy atom. The van der Waals surface area contributed by atoms with Gasteiger partial charge in [-0.25, -0.2) is 5.01 Å². The first-order chi connectivity index (χ1) is 5.66. The number of hydrazine groups is 1. The molecule has 0 saturated carbocycles. The predicted octanol–water partition coefficient (Wildman–Crippen LogP) is 1.11. The summed E-state index contributed by atoms with van der Waals surface area (Å²) in [5.74, 6) is 0.597. The van der Waals surface area contributed by atoms with Crippen LogP contribution in [0.3, 0.4) is 0 Å². The number of rotatable bonds is 3. The Labute approximate surface area is 74.3 Å². The number of carbonyl (C=O) groups excluding carboxylic acids is 1. The maximum Gasteiger partial charge on any atom is 0.240 e. The Balaban J connectivity index is 2.49. The van der Waals surface area contributed by atoms with Gasteiger partial charge in [-0.15, -0.1) is 0 Å². The van der Waals surface area contributed by atoms with Crippen molar-refractivity contribution in [2.45, 2.75) is 26.2 Å². The van der Waals surface area contributed by atoms with Crippen molar-refractivity contribution in [3.8, 4) is 0 Å². The van der Waals surface area contributed by atoms with Crippen molar-refractivity contribution in [3.05, 3.63) is 0 Å². The number of carbonyl (C=O) groups is 1. The fourth-order valence-corrected chi connectivity index (χ4v) is 1.74. The summed E-state index contributed by atoms with van der Waals surface area (Å²) in [5.41, 5.74) is 0. The molecule has 12 heavy (non-hydrogen) atoms. The van der Waals surface area contributed by atoms with Crippen LogP contribution < -0.4 is 0 Å². The molecule has 1 amide bonds. The minimum Gasteiger partial charge on any atom is -0.276 e. The first-order valence-electron chi connectivity index (χ1n) is 4.65. The average molecular weight is 170 g/mol. The van der Waals surface area contributed by atoms with E-state index in [4.69, 9.17) is 0 Å². The standard InChI is InChI=1S/C9H18N2O/c1-4-5-8-6-7-11(9(8)12)10(2)3/h8H,4-7H2,1-3H3. The summed E-state index contributed by atoms with van der Waals surface area (Å²) < 4.78 is 0. The van der Waals surface area contributed by atoms with Crippen LogP contribution in [0.4, 0.5) is 0 Å². The second kappa shape index (κ2) is 3.90. The number of hydrogen-bond acceptors (Lipinski definition) is 2. The average Bonchev–Trinajstić information content (AvgIpc) is 2.34. The minimum atomic E-state index is 0.289. The van der Waals surface area contributed by atoms with Crippen molar-refractivity contribution in [2.75, 3.05) is 20.6 Å². The SMILES string of the molecule is CCCC1CCN(N(C)C)C1=O. The number of nitrogens with zero attached hydrogens (tertiary/aromatic N) is 2. The molecule has 0 aliphatic carbocycles. The van der Waals surface area contributed by atoms with Gasteiger partial charge in [-0.1, -0.05) is 13.3 Å². The van der Waals surface area contributed by atoms with Crippen molar-refractivity contribution in [1.82, 2.24) is 10.0 Å². The quantitative estimate of drug-likeness (QED) is 0.633. The molecular formula is C9H18N2O. The molecule has 1 aliphatic rings. The molecule has 0 aromatic carbocycles. The largest absolute Gasteiger partial charge is 0.276 e. The molecule has 3 nitrogen and oxygen atoms in total. The van der Waals surface area contributed by atoms with Crippen LogP contribution in [-0.2, 0) is 4.79 Å². The van der Waals surface area contributed by atoms with Gasteiger partial charge < -0.3 is 0 Å². The lowest BCUT2D eigenvalue weighted by Crippen LogP contribution is -2.38.